The zero-order valence-electron chi connectivity index (χ0n) is 14.4. The number of hydrogen-bond acceptors (Lipinski definition) is 5. The third kappa shape index (κ3) is 4.83. The Kier molecular flexibility index (Phi) is 5.86. The van der Waals surface area contributed by atoms with Crippen molar-refractivity contribution >= 4 is 17.2 Å². The maximum atomic E-state index is 12.0. The number of carbonyl (C=O) groups is 1. The molecule has 0 aliphatic heterocycles. The van der Waals surface area contributed by atoms with Gasteiger partial charge in [-0.1, -0.05) is 12.1 Å². The third-order valence-electron chi connectivity index (χ3n) is 3.90. The number of hydrogen-bond donors (Lipinski definition) is 2. The highest BCUT2D eigenvalue weighted by atomic mass is 32.1. The van der Waals surface area contributed by atoms with Crippen LogP contribution in [0.1, 0.15) is 10.6 Å². The summed E-state index contributed by atoms with van der Waals surface area (Å²) in [5, 5.41) is 15.2. The summed E-state index contributed by atoms with van der Waals surface area (Å²) in [5.41, 5.74) is 2.80. The number of carbonyl (C=O) groups excluding carboxylic acids is 1. The van der Waals surface area contributed by atoms with Crippen molar-refractivity contribution in [2.24, 2.45) is 0 Å². The lowest BCUT2D eigenvalue weighted by molar-refractivity contribution is -0.120. The zero-order chi connectivity index (χ0) is 18.4. The van der Waals surface area contributed by atoms with E-state index in [9.17, 15) is 9.90 Å². The fraction of sp³-hybridized carbons (Fsp3) is 0.200. The molecule has 0 bridgehead atoms. The van der Waals surface area contributed by atoms with Crippen molar-refractivity contribution in [3.63, 3.8) is 0 Å². The Morgan fingerprint density at radius 3 is 2.58 bits per heavy atom. The lowest BCUT2D eigenvalue weighted by Gasteiger charge is -2.05. The third-order valence-corrected chi connectivity index (χ3v) is 4.81. The molecule has 2 N–H and O–H groups in total. The number of nitrogens with zero attached hydrogens (tertiary/aromatic N) is 1. The van der Waals surface area contributed by atoms with Gasteiger partial charge in [0, 0.05) is 23.9 Å². The first-order valence-corrected chi connectivity index (χ1v) is 9.15. The van der Waals surface area contributed by atoms with Crippen molar-refractivity contribution in [1.29, 1.82) is 0 Å². The summed E-state index contributed by atoms with van der Waals surface area (Å²) in [4.78, 5) is 16.6. The van der Waals surface area contributed by atoms with Gasteiger partial charge in [0.05, 0.1) is 24.2 Å². The smallest absolute Gasteiger partial charge is 0.224 e. The number of phenols is 1. The summed E-state index contributed by atoms with van der Waals surface area (Å²) >= 11 is 1.57. The first-order valence-electron chi connectivity index (χ1n) is 8.27. The molecular weight excluding hydrogens is 348 g/mol. The second-order valence-electron chi connectivity index (χ2n) is 5.80. The Hall–Kier alpha value is -2.86. The number of aromatic nitrogens is 1. The normalized spacial score (nSPS) is 10.5. The molecule has 1 heterocycles. The van der Waals surface area contributed by atoms with E-state index in [0.29, 0.717) is 19.4 Å². The van der Waals surface area contributed by atoms with Gasteiger partial charge in [-0.3, -0.25) is 4.79 Å². The van der Waals surface area contributed by atoms with Gasteiger partial charge in [0.15, 0.2) is 0 Å². The molecule has 0 saturated carbocycles. The van der Waals surface area contributed by atoms with E-state index in [2.05, 4.69) is 10.3 Å². The number of rotatable bonds is 7. The molecule has 5 nitrogen and oxygen atoms in total. The summed E-state index contributed by atoms with van der Waals surface area (Å²) in [6.45, 7) is 0.553. The van der Waals surface area contributed by atoms with Crippen LogP contribution in [0.3, 0.4) is 0 Å². The molecule has 0 aliphatic rings. The fourth-order valence-electron chi connectivity index (χ4n) is 2.49. The maximum absolute atomic E-state index is 12.0. The highest BCUT2D eigenvalue weighted by Gasteiger charge is 2.07. The second-order valence-corrected chi connectivity index (χ2v) is 6.74. The van der Waals surface area contributed by atoms with Crippen molar-refractivity contribution < 1.29 is 14.6 Å². The van der Waals surface area contributed by atoms with Crippen LogP contribution in [0.4, 0.5) is 0 Å². The number of benzene rings is 2. The molecule has 26 heavy (non-hydrogen) atoms. The van der Waals surface area contributed by atoms with Gasteiger partial charge in [-0.25, -0.2) is 4.98 Å². The molecule has 0 saturated heterocycles. The highest BCUT2D eigenvalue weighted by Crippen LogP contribution is 2.23. The Morgan fingerprint density at radius 2 is 1.88 bits per heavy atom. The first-order chi connectivity index (χ1) is 12.6. The number of thiazole rings is 1. The number of phenolic OH excluding ortho intramolecular Hbond substituents is 1. The molecule has 3 aromatic rings. The van der Waals surface area contributed by atoms with Crippen molar-refractivity contribution in [2.45, 2.75) is 12.8 Å². The molecule has 0 atom stereocenters. The van der Waals surface area contributed by atoms with Crippen LogP contribution in [-0.4, -0.2) is 29.7 Å². The largest absolute Gasteiger partial charge is 0.508 e. The molecule has 0 spiro atoms. The lowest BCUT2D eigenvalue weighted by Crippen LogP contribution is -2.27. The molecule has 134 valence electrons. The van der Waals surface area contributed by atoms with Crippen LogP contribution in [0.5, 0.6) is 11.5 Å². The van der Waals surface area contributed by atoms with Crippen LogP contribution in [0.2, 0.25) is 0 Å². The number of aromatic hydroxyl groups is 1. The standard InChI is InChI=1S/C20H20N2O3S/c1-25-17-8-2-14(3-9-17)12-19(24)21-11-10-20-22-18(13-26-20)15-4-6-16(23)7-5-15/h2-9,13,23H,10-12H2,1H3,(H,21,24). The van der Waals surface area contributed by atoms with Crippen molar-refractivity contribution in [3.05, 3.63) is 64.5 Å². The highest BCUT2D eigenvalue weighted by molar-refractivity contribution is 7.09. The Balaban J connectivity index is 1.47. The zero-order valence-corrected chi connectivity index (χ0v) is 15.3. The van der Waals surface area contributed by atoms with Crippen LogP contribution in [0, 0.1) is 0 Å². The summed E-state index contributed by atoms with van der Waals surface area (Å²) in [6, 6.07) is 14.5. The average Bonchev–Trinajstić information content (AvgIpc) is 3.12. The van der Waals surface area contributed by atoms with E-state index in [1.807, 2.05) is 41.8 Å². The van der Waals surface area contributed by atoms with Crippen LogP contribution >= 0.6 is 11.3 Å². The van der Waals surface area contributed by atoms with Gasteiger partial charge in [0.1, 0.15) is 11.5 Å². The van der Waals surface area contributed by atoms with Crippen LogP contribution in [0.25, 0.3) is 11.3 Å². The van der Waals surface area contributed by atoms with E-state index in [0.717, 1.165) is 27.6 Å². The number of nitrogens with one attached hydrogen (secondary N) is 1. The lowest BCUT2D eigenvalue weighted by atomic mass is 10.1. The topological polar surface area (TPSA) is 71.5 Å². The van der Waals surface area contributed by atoms with Gasteiger partial charge in [0.2, 0.25) is 5.91 Å². The van der Waals surface area contributed by atoms with E-state index in [-0.39, 0.29) is 11.7 Å². The van der Waals surface area contributed by atoms with E-state index in [1.54, 1.807) is 30.6 Å². The van der Waals surface area contributed by atoms with Crippen LogP contribution in [0.15, 0.2) is 53.9 Å². The molecule has 0 aliphatic carbocycles. The Morgan fingerprint density at radius 1 is 1.15 bits per heavy atom. The molecule has 1 aromatic heterocycles. The molecule has 0 unspecified atom stereocenters. The molecule has 3 rings (SSSR count). The predicted octanol–water partition coefficient (Wildman–Crippen LogP) is 3.43. The van der Waals surface area contributed by atoms with E-state index < -0.39 is 0 Å². The fourth-order valence-corrected chi connectivity index (χ4v) is 3.30. The second kappa shape index (κ2) is 8.49. The van der Waals surface area contributed by atoms with Crippen molar-refractivity contribution in [1.82, 2.24) is 10.3 Å². The number of ether oxygens (including phenoxy) is 1. The molecule has 0 fully saturated rings. The predicted molar refractivity (Wildman–Crippen MR) is 103 cm³/mol. The molecule has 1 amide bonds. The minimum absolute atomic E-state index is 0.00881. The van der Waals surface area contributed by atoms with E-state index in [4.69, 9.17) is 4.74 Å². The van der Waals surface area contributed by atoms with Gasteiger partial charge in [-0.2, -0.15) is 0 Å². The van der Waals surface area contributed by atoms with Crippen LogP contribution < -0.4 is 10.1 Å². The summed E-state index contributed by atoms with van der Waals surface area (Å²) in [6.07, 6.45) is 1.04. The number of amides is 1. The van der Waals surface area contributed by atoms with Gasteiger partial charge < -0.3 is 15.2 Å². The van der Waals surface area contributed by atoms with Gasteiger partial charge in [-0.05, 0) is 42.0 Å². The molecule has 6 heteroatoms. The summed E-state index contributed by atoms with van der Waals surface area (Å²) in [7, 11) is 1.62. The quantitative estimate of drug-likeness (QED) is 0.670. The van der Waals surface area contributed by atoms with Crippen LogP contribution in [-0.2, 0) is 17.6 Å². The van der Waals surface area contributed by atoms with Gasteiger partial charge >= 0.3 is 0 Å². The first kappa shape index (κ1) is 17.9. The Bertz CT molecular complexity index is 858. The minimum atomic E-state index is -0.00881. The Labute approximate surface area is 156 Å². The number of methoxy groups -OCH3 is 1. The minimum Gasteiger partial charge on any atom is -0.508 e. The molecule has 2 aromatic carbocycles. The van der Waals surface area contributed by atoms with Crippen molar-refractivity contribution in [3.8, 4) is 22.8 Å². The van der Waals surface area contributed by atoms with E-state index >= 15 is 0 Å². The SMILES string of the molecule is COc1ccc(CC(=O)NCCc2nc(-c3ccc(O)cc3)cs2)cc1. The van der Waals surface area contributed by atoms with Crippen molar-refractivity contribution in [2.75, 3.05) is 13.7 Å². The monoisotopic (exact) mass is 368 g/mol. The van der Waals surface area contributed by atoms with Gasteiger partial charge in [0.25, 0.3) is 0 Å². The average molecular weight is 368 g/mol. The summed E-state index contributed by atoms with van der Waals surface area (Å²) < 4.78 is 5.11. The molecular formula is C20H20N2O3S. The van der Waals surface area contributed by atoms with Gasteiger partial charge in [-0.15, -0.1) is 11.3 Å². The molecule has 0 radical (unpaired) electrons. The summed E-state index contributed by atoms with van der Waals surface area (Å²) in [5.74, 6) is 1.01. The van der Waals surface area contributed by atoms with E-state index in [1.165, 1.54) is 0 Å². The maximum Gasteiger partial charge on any atom is 0.224 e.